The Balaban J connectivity index is 1.59. The summed E-state index contributed by atoms with van der Waals surface area (Å²) in [6.07, 6.45) is 1.90. The summed E-state index contributed by atoms with van der Waals surface area (Å²) in [6.45, 7) is 1.94. The van der Waals surface area contributed by atoms with Crippen LogP contribution < -0.4 is 15.4 Å². The zero-order chi connectivity index (χ0) is 19.2. The first-order valence-electron chi connectivity index (χ1n) is 8.46. The minimum atomic E-state index is -0.103. The zero-order valence-electron chi connectivity index (χ0n) is 15.1. The molecule has 0 aliphatic rings. The smallest absolute Gasteiger partial charge is 0.228 e. The monoisotopic (exact) mass is 381 g/mol. The molecule has 6 heteroatoms. The Labute approximate surface area is 163 Å². The fourth-order valence-corrected chi connectivity index (χ4v) is 2.73. The number of nitrogens with one attached hydrogen (secondary N) is 2. The van der Waals surface area contributed by atoms with Gasteiger partial charge in [0.1, 0.15) is 11.6 Å². The Bertz CT molecular complexity index is 925. The molecular weight excluding hydrogens is 362 g/mol. The first kappa shape index (κ1) is 18.7. The summed E-state index contributed by atoms with van der Waals surface area (Å²) in [5, 5.41) is 6.77. The summed E-state index contributed by atoms with van der Waals surface area (Å²) in [5.41, 5.74) is 3.40. The molecule has 2 N–H and O–H groups in total. The minimum absolute atomic E-state index is 0.103. The van der Waals surface area contributed by atoms with Gasteiger partial charge in [0.2, 0.25) is 5.91 Å². The van der Waals surface area contributed by atoms with Crippen LogP contribution in [0, 0.1) is 6.92 Å². The Morgan fingerprint density at radius 3 is 2.56 bits per heavy atom. The van der Waals surface area contributed by atoms with Crippen LogP contribution in [0.4, 0.5) is 17.2 Å². The van der Waals surface area contributed by atoms with Gasteiger partial charge in [-0.25, -0.2) is 4.98 Å². The minimum Gasteiger partial charge on any atom is -0.497 e. The third kappa shape index (κ3) is 4.99. The summed E-state index contributed by atoms with van der Waals surface area (Å²) in [6, 6.07) is 16.7. The van der Waals surface area contributed by atoms with Crippen molar-refractivity contribution in [1.29, 1.82) is 0 Å². The van der Waals surface area contributed by atoms with Crippen molar-refractivity contribution < 1.29 is 9.53 Å². The summed E-state index contributed by atoms with van der Waals surface area (Å²) in [4.78, 5) is 16.5. The fourth-order valence-electron chi connectivity index (χ4n) is 2.56. The van der Waals surface area contributed by atoms with Gasteiger partial charge in [0, 0.05) is 10.7 Å². The Morgan fingerprint density at radius 2 is 1.89 bits per heavy atom. The van der Waals surface area contributed by atoms with Gasteiger partial charge in [0.15, 0.2) is 0 Å². The number of nitrogens with zero attached hydrogens (tertiary/aromatic N) is 1. The number of carbonyl (C=O) groups excluding carboxylic acids is 1. The lowest BCUT2D eigenvalue weighted by Crippen LogP contribution is -2.14. The van der Waals surface area contributed by atoms with E-state index < -0.39 is 0 Å². The SMILES string of the molecule is COc1ccc(CC(=O)Nc2ccc(Nc3cccc(Cl)c3C)nc2)cc1. The van der Waals surface area contributed by atoms with Crippen molar-refractivity contribution in [3.8, 4) is 5.75 Å². The van der Waals surface area contributed by atoms with E-state index in [-0.39, 0.29) is 12.3 Å². The average Bonchev–Trinajstić information content (AvgIpc) is 2.67. The highest BCUT2D eigenvalue weighted by Crippen LogP contribution is 2.25. The van der Waals surface area contributed by atoms with Gasteiger partial charge < -0.3 is 15.4 Å². The van der Waals surface area contributed by atoms with Gasteiger partial charge >= 0.3 is 0 Å². The number of hydrogen-bond acceptors (Lipinski definition) is 4. The number of benzene rings is 2. The van der Waals surface area contributed by atoms with Crippen LogP contribution in [-0.2, 0) is 11.2 Å². The van der Waals surface area contributed by atoms with E-state index in [4.69, 9.17) is 16.3 Å². The zero-order valence-corrected chi connectivity index (χ0v) is 15.9. The molecule has 0 aliphatic carbocycles. The molecule has 5 nitrogen and oxygen atoms in total. The molecule has 0 radical (unpaired) electrons. The van der Waals surface area contributed by atoms with Crippen LogP contribution in [0.25, 0.3) is 0 Å². The van der Waals surface area contributed by atoms with Gasteiger partial charge in [-0.1, -0.05) is 29.8 Å². The van der Waals surface area contributed by atoms with E-state index in [2.05, 4.69) is 15.6 Å². The second kappa shape index (κ2) is 8.56. The summed E-state index contributed by atoms with van der Waals surface area (Å²) in [7, 11) is 1.61. The quantitative estimate of drug-likeness (QED) is 0.632. The third-order valence-electron chi connectivity index (χ3n) is 4.10. The van der Waals surface area contributed by atoms with Crippen LogP contribution in [0.3, 0.4) is 0 Å². The van der Waals surface area contributed by atoms with Crippen molar-refractivity contribution in [2.24, 2.45) is 0 Å². The molecule has 3 aromatic rings. The molecular formula is C21H20ClN3O2. The van der Waals surface area contributed by atoms with Gasteiger partial charge in [0.25, 0.3) is 0 Å². The number of carbonyl (C=O) groups is 1. The van der Waals surface area contributed by atoms with Crippen molar-refractivity contribution in [1.82, 2.24) is 4.98 Å². The Hall–Kier alpha value is -3.05. The second-order valence-corrected chi connectivity index (χ2v) is 6.45. The van der Waals surface area contributed by atoms with Crippen LogP contribution in [0.2, 0.25) is 5.02 Å². The molecule has 1 aromatic heterocycles. The lowest BCUT2D eigenvalue weighted by molar-refractivity contribution is -0.115. The van der Waals surface area contributed by atoms with Crippen LogP contribution in [-0.4, -0.2) is 18.0 Å². The number of amides is 1. The molecule has 0 saturated carbocycles. The Kier molecular flexibility index (Phi) is 5.94. The highest BCUT2D eigenvalue weighted by Gasteiger charge is 2.06. The molecule has 0 fully saturated rings. The lowest BCUT2D eigenvalue weighted by Gasteiger charge is -2.11. The molecule has 0 aliphatic heterocycles. The average molecular weight is 382 g/mol. The van der Waals surface area contributed by atoms with E-state index in [0.29, 0.717) is 16.5 Å². The molecule has 0 bridgehead atoms. The predicted molar refractivity (Wildman–Crippen MR) is 109 cm³/mol. The second-order valence-electron chi connectivity index (χ2n) is 6.04. The topological polar surface area (TPSA) is 63.2 Å². The number of ether oxygens (including phenoxy) is 1. The summed E-state index contributed by atoms with van der Waals surface area (Å²) < 4.78 is 5.12. The molecule has 27 heavy (non-hydrogen) atoms. The van der Waals surface area contributed by atoms with Crippen molar-refractivity contribution >= 4 is 34.7 Å². The van der Waals surface area contributed by atoms with Gasteiger partial charge in [-0.2, -0.15) is 0 Å². The van der Waals surface area contributed by atoms with Crippen LogP contribution >= 0.6 is 11.6 Å². The van der Waals surface area contributed by atoms with Crippen molar-refractivity contribution in [2.45, 2.75) is 13.3 Å². The van der Waals surface area contributed by atoms with Crippen LogP contribution in [0.15, 0.2) is 60.8 Å². The molecule has 1 amide bonds. The number of anilines is 3. The van der Waals surface area contributed by atoms with E-state index in [1.807, 2.05) is 55.5 Å². The van der Waals surface area contributed by atoms with Crippen LogP contribution in [0.5, 0.6) is 5.75 Å². The number of rotatable bonds is 6. The highest BCUT2D eigenvalue weighted by atomic mass is 35.5. The normalized spacial score (nSPS) is 10.3. The molecule has 0 atom stereocenters. The van der Waals surface area contributed by atoms with E-state index in [1.165, 1.54) is 0 Å². The van der Waals surface area contributed by atoms with Crippen molar-refractivity contribution in [3.05, 3.63) is 76.9 Å². The molecule has 3 rings (SSSR count). The van der Waals surface area contributed by atoms with Gasteiger partial charge in [-0.05, 0) is 54.4 Å². The number of methoxy groups -OCH3 is 1. The molecule has 0 unspecified atom stereocenters. The molecule has 2 aromatic carbocycles. The highest BCUT2D eigenvalue weighted by molar-refractivity contribution is 6.31. The first-order valence-corrected chi connectivity index (χ1v) is 8.84. The van der Waals surface area contributed by atoms with Gasteiger partial charge in [-0.15, -0.1) is 0 Å². The molecule has 0 spiro atoms. The van der Waals surface area contributed by atoms with E-state index in [9.17, 15) is 4.79 Å². The third-order valence-corrected chi connectivity index (χ3v) is 4.51. The molecule has 0 saturated heterocycles. The largest absolute Gasteiger partial charge is 0.497 e. The van der Waals surface area contributed by atoms with E-state index >= 15 is 0 Å². The maximum atomic E-state index is 12.2. The standard InChI is InChI=1S/C21H20ClN3O2/c1-14-18(22)4-3-5-19(14)25-20-11-8-16(13-23-20)24-21(26)12-15-6-9-17(27-2)10-7-15/h3-11,13H,12H2,1-2H3,(H,23,25)(H,24,26). The summed E-state index contributed by atoms with van der Waals surface area (Å²) >= 11 is 6.13. The van der Waals surface area contributed by atoms with Crippen molar-refractivity contribution in [2.75, 3.05) is 17.7 Å². The number of pyridine rings is 1. The van der Waals surface area contributed by atoms with Gasteiger partial charge in [-0.3, -0.25) is 4.79 Å². The molecule has 138 valence electrons. The first-order chi connectivity index (χ1) is 13.0. The molecule has 1 heterocycles. The maximum absolute atomic E-state index is 12.2. The number of hydrogen-bond donors (Lipinski definition) is 2. The fraction of sp³-hybridized carbons (Fsp3) is 0.143. The Morgan fingerprint density at radius 1 is 1.11 bits per heavy atom. The van der Waals surface area contributed by atoms with E-state index in [0.717, 1.165) is 22.6 Å². The van der Waals surface area contributed by atoms with Crippen molar-refractivity contribution in [3.63, 3.8) is 0 Å². The van der Waals surface area contributed by atoms with Gasteiger partial charge in [0.05, 0.1) is 25.4 Å². The predicted octanol–water partition coefficient (Wildman–Crippen LogP) is 4.98. The maximum Gasteiger partial charge on any atom is 0.228 e. The summed E-state index contributed by atoms with van der Waals surface area (Å²) in [5.74, 6) is 1.34. The van der Waals surface area contributed by atoms with E-state index in [1.54, 1.807) is 19.4 Å². The van der Waals surface area contributed by atoms with Crippen LogP contribution in [0.1, 0.15) is 11.1 Å². The lowest BCUT2D eigenvalue weighted by atomic mass is 10.1. The number of halogens is 1. The number of aromatic nitrogens is 1.